The third kappa shape index (κ3) is 3.79. The van der Waals surface area contributed by atoms with Crippen LogP contribution in [0.15, 0.2) is 24.3 Å². The maximum Gasteiger partial charge on any atom is 0.312 e. The molecule has 1 aromatic carbocycles. The molecule has 8 heteroatoms. The molecule has 1 aromatic rings. The third-order valence-corrected chi connectivity index (χ3v) is 6.63. The van der Waals surface area contributed by atoms with Gasteiger partial charge in [0.1, 0.15) is 5.54 Å². The molecule has 0 spiro atoms. The minimum Gasteiger partial charge on any atom is -0.452 e. The quantitative estimate of drug-likeness (QED) is 0.745. The predicted octanol–water partition coefficient (Wildman–Crippen LogP) is 2.47. The van der Waals surface area contributed by atoms with Gasteiger partial charge >= 0.3 is 5.97 Å². The van der Waals surface area contributed by atoms with E-state index in [2.05, 4.69) is 5.32 Å². The molecule has 1 N–H and O–H groups in total. The lowest BCUT2D eigenvalue weighted by Gasteiger charge is -2.42. The van der Waals surface area contributed by atoms with E-state index in [-0.39, 0.29) is 24.3 Å². The summed E-state index contributed by atoms with van der Waals surface area (Å²) in [6, 6.07) is 7.25. The number of hydrogen-bond donors (Lipinski definition) is 1. The standard InChI is InChI=1S/C23H29N3O5/c1-14(31-21(29)15-12-19(27)25(13-15)16-8-4-5-9-16)20(28)26-18-11-7-6-10-17(18)24-22(30)23(26,2)3/h6-7,10-11,14-16H,4-5,8-9,12-13H2,1-3H3,(H,24,30)/t14-,15+/m1/s1. The summed E-state index contributed by atoms with van der Waals surface area (Å²) in [5.74, 6) is -1.91. The number of hydrogen-bond acceptors (Lipinski definition) is 5. The van der Waals surface area contributed by atoms with Gasteiger partial charge in [0.2, 0.25) is 11.8 Å². The first kappa shape index (κ1) is 21.3. The van der Waals surface area contributed by atoms with E-state index >= 15 is 0 Å². The summed E-state index contributed by atoms with van der Waals surface area (Å²) in [5, 5.41) is 2.81. The number of nitrogens with one attached hydrogen (secondary N) is 1. The van der Waals surface area contributed by atoms with Gasteiger partial charge in [0.25, 0.3) is 5.91 Å². The zero-order valence-corrected chi connectivity index (χ0v) is 18.2. The highest BCUT2D eigenvalue weighted by atomic mass is 16.5. The number of carbonyl (C=O) groups is 4. The van der Waals surface area contributed by atoms with Gasteiger partial charge in [-0.15, -0.1) is 0 Å². The molecular formula is C23H29N3O5. The average molecular weight is 428 g/mol. The second kappa shape index (κ2) is 7.98. The first-order valence-corrected chi connectivity index (χ1v) is 10.9. The molecule has 1 aliphatic carbocycles. The van der Waals surface area contributed by atoms with Gasteiger partial charge in [-0.1, -0.05) is 25.0 Å². The summed E-state index contributed by atoms with van der Waals surface area (Å²) in [4.78, 5) is 54.3. The molecular weight excluding hydrogens is 398 g/mol. The number of esters is 1. The van der Waals surface area contributed by atoms with Gasteiger partial charge in [-0.05, 0) is 45.7 Å². The molecule has 2 atom stereocenters. The van der Waals surface area contributed by atoms with Crippen molar-refractivity contribution in [1.82, 2.24) is 4.90 Å². The molecule has 3 aliphatic rings. The van der Waals surface area contributed by atoms with Crippen molar-refractivity contribution in [2.24, 2.45) is 5.92 Å². The molecule has 8 nitrogen and oxygen atoms in total. The van der Waals surface area contributed by atoms with Gasteiger partial charge in [-0.25, -0.2) is 0 Å². The Labute approximate surface area is 181 Å². The van der Waals surface area contributed by atoms with Gasteiger partial charge in [-0.2, -0.15) is 0 Å². The first-order valence-electron chi connectivity index (χ1n) is 10.9. The van der Waals surface area contributed by atoms with E-state index < -0.39 is 29.4 Å². The molecule has 3 amide bonds. The number of ether oxygens (including phenoxy) is 1. The Kier molecular flexibility index (Phi) is 5.49. The van der Waals surface area contributed by atoms with Crippen LogP contribution in [0, 0.1) is 5.92 Å². The summed E-state index contributed by atoms with van der Waals surface area (Å²) in [6.07, 6.45) is 3.21. The molecule has 2 fully saturated rings. The van der Waals surface area contributed by atoms with Crippen LogP contribution in [-0.4, -0.2) is 52.8 Å². The molecule has 2 aliphatic heterocycles. The number of para-hydroxylation sites is 2. The van der Waals surface area contributed by atoms with E-state index in [0.29, 0.717) is 17.9 Å². The summed E-state index contributed by atoms with van der Waals surface area (Å²) in [5.41, 5.74) is -0.0509. The Morgan fingerprint density at radius 2 is 1.84 bits per heavy atom. The number of benzene rings is 1. The molecule has 2 heterocycles. The number of amides is 3. The fourth-order valence-electron chi connectivity index (χ4n) is 4.81. The molecule has 1 saturated heterocycles. The Morgan fingerprint density at radius 3 is 2.55 bits per heavy atom. The number of rotatable bonds is 4. The molecule has 0 radical (unpaired) electrons. The highest BCUT2D eigenvalue weighted by Gasteiger charge is 2.46. The van der Waals surface area contributed by atoms with Gasteiger partial charge in [0.15, 0.2) is 6.10 Å². The minimum atomic E-state index is -1.14. The first-order chi connectivity index (χ1) is 14.7. The highest BCUT2D eigenvalue weighted by Crippen LogP contribution is 2.37. The average Bonchev–Trinajstić information content (AvgIpc) is 3.37. The Balaban J connectivity index is 1.46. The molecule has 31 heavy (non-hydrogen) atoms. The highest BCUT2D eigenvalue weighted by molar-refractivity contribution is 6.15. The van der Waals surface area contributed by atoms with Crippen molar-refractivity contribution >= 4 is 35.1 Å². The SMILES string of the molecule is C[C@@H](OC(=O)[C@H]1CC(=O)N(C2CCCC2)C1)C(=O)N1c2ccccc2NC(=O)C1(C)C. The van der Waals surface area contributed by atoms with E-state index in [0.717, 1.165) is 25.7 Å². The van der Waals surface area contributed by atoms with Crippen molar-refractivity contribution in [3.8, 4) is 0 Å². The van der Waals surface area contributed by atoms with Crippen LogP contribution in [0.5, 0.6) is 0 Å². The largest absolute Gasteiger partial charge is 0.452 e. The lowest BCUT2D eigenvalue weighted by molar-refractivity contribution is -0.158. The lowest BCUT2D eigenvalue weighted by atomic mass is 9.95. The van der Waals surface area contributed by atoms with Gasteiger partial charge in [0.05, 0.1) is 17.3 Å². The summed E-state index contributed by atoms with van der Waals surface area (Å²) < 4.78 is 5.51. The van der Waals surface area contributed by atoms with Gasteiger partial charge in [0, 0.05) is 19.0 Å². The van der Waals surface area contributed by atoms with Crippen LogP contribution in [0.3, 0.4) is 0 Å². The zero-order chi connectivity index (χ0) is 22.3. The van der Waals surface area contributed by atoms with Crippen LogP contribution in [0.2, 0.25) is 0 Å². The van der Waals surface area contributed by atoms with E-state index in [1.807, 2.05) is 0 Å². The van der Waals surface area contributed by atoms with Crippen LogP contribution in [0.25, 0.3) is 0 Å². The van der Waals surface area contributed by atoms with Crippen molar-refractivity contribution in [3.63, 3.8) is 0 Å². The third-order valence-electron chi connectivity index (χ3n) is 6.63. The number of nitrogens with zero attached hydrogens (tertiary/aromatic N) is 2. The van der Waals surface area contributed by atoms with E-state index in [1.165, 1.54) is 11.8 Å². The van der Waals surface area contributed by atoms with Crippen LogP contribution < -0.4 is 10.2 Å². The van der Waals surface area contributed by atoms with Gasteiger partial charge < -0.3 is 15.0 Å². The number of fused-ring (bicyclic) bond motifs is 1. The molecule has 1 saturated carbocycles. The molecule has 166 valence electrons. The van der Waals surface area contributed by atoms with E-state index in [1.54, 1.807) is 43.0 Å². The lowest BCUT2D eigenvalue weighted by Crippen LogP contribution is -2.60. The Bertz CT molecular complexity index is 922. The molecule has 4 rings (SSSR count). The number of carbonyl (C=O) groups excluding carboxylic acids is 4. The molecule has 0 aromatic heterocycles. The van der Waals surface area contributed by atoms with Crippen molar-refractivity contribution < 1.29 is 23.9 Å². The van der Waals surface area contributed by atoms with Crippen LogP contribution in [0.1, 0.15) is 52.9 Å². The van der Waals surface area contributed by atoms with Crippen molar-refractivity contribution in [2.45, 2.75) is 70.6 Å². The number of likely N-dealkylation sites (tertiary alicyclic amines) is 1. The smallest absolute Gasteiger partial charge is 0.312 e. The molecule has 0 bridgehead atoms. The maximum absolute atomic E-state index is 13.3. The topological polar surface area (TPSA) is 96.0 Å². The normalized spacial score (nSPS) is 24.0. The van der Waals surface area contributed by atoms with Crippen molar-refractivity contribution in [3.05, 3.63) is 24.3 Å². The van der Waals surface area contributed by atoms with Crippen molar-refractivity contribution in [2.75, 3.05) is 16.8 Å². The monoisotopic (exact) mass is 427 g/mol. The fraction of sp³-hybridized carbons (Fsp3) is 0.565. The Morgan fingerprint density at radius 1 is 1.16 bits per heavy atom. The van der Waals surface area contributed by atoms with Gasteiger partial charge in [-0.3, -0.25) is 24.1 Å². The van der Waals surface area contributed by atoms with Crippen molar-refractivity contribution in [1.29, 1.82) is 0 Å². The van der Waals surface area contributed by atoms with Crippen LogP contribution in [-0.2, 0) is 23.9 Å². The van der Waals surface area contributed by atoms with E-state index in [9.17, 15) is 19.2 Å². The van der Waals surface area contributed by atoms with Crippen LogP contribution >= 0.6 is 0 Å². The maximum atomic E-state index is 13.3. The second-order valence-electron chi connectivity index (χ2n) is 9.17. The summed E-state index contributed by atoms with van der Waals surface area (Å²) >= 11 is 0. The zero-order valence-electron chi connectivity index (χ0n) is 18.2. The fourth-order valence-corrected chi connectivity index (χ4v) is 4.81. The molecule has 0 unspecified atom stereocenters. The number of anilines is 2. The minimum absolute atomic E-state index is 0.0180. The summed E-state index contributed by atoms with van der Waals surface area (Å²) in [7, 11) is 0. The second-order valence-corrected chi connectivity index (χ2v) is 9.17. The van der Waals surface area contributed by atoms with Crippen LogP contribution in [0.4, 0.5) is 11.4 Å². The van der Waals surface area contributed by atoms with E-state index in [4.69, 9.17) is 4.74 Å². The summed E-state index contributed by atoms with van der Waals surface area (Å²) in [6.45, 7) is 5.17. The Hall–Kier alpha value is -2.90. The predicted molar refractivity (Wildman–Crippen MR) is 114 cm³/mol.